The minimum Gasteiger partial charge on any atom is -0.493 e. The summed E-state index contributed by atoms with van der Waals surface area (Å²) < 4.78 is 11.2. The molecule has 0 N–H and O–H groups in total. The molecular formula is C22H22ClN3O3. The first-order valence-corrected chi connectivity index (χ1v) is 10.00. The highest BCUT2D eigenvalue weighted by Gasteiger charge is 2.35. The molecule has 0 saturated carbocycles. The average Bonchev–Trinajstić information content (AvgIpc) is 3.34. The second-order valence-electron chi connectivity index (χ2n) is 7.57. The van der Waals surface area contributed by atoms with Gasteiger partial charge in [0.25, 0.3) is 0 Å². The molecule has 0 spiro atoms. The van der Waals surface area contributed by atoms with E-state index < -0.39 is 0 Å². The van der Waals surface area contributed by atoms with E-state index in [9.17, 15) is 4.79 Å². The Morgan fingerprint density at radius 1 is 1.17 bits per heavy atom. The van der Waals surface area contributed by atoms with E-state index in [1.807, 2.05) is 36.4 Å². The van der Waals surface area contributed by atoms with Crippen LogP contribution in [0.1, 0.15) is 32.1 Å². The van der Waals surface area contributed by atoms with E-state index >= 15 is 0 Å². The summed E-state index contributed by atoms with van der Waals surface area (Å²) in [6.45, 7) is 5.39. The summed E-state index contributed by atoms with van der Waals surface area (Å²) in [6.07, 6.45) is 0.340. The topological polar surface area (TPSA) is 68.5 Å². The van der Waals surface area contributed by atoms with Crippen LogP contribution in [0, 0.1) is 5.92 Å². The number of hydrogen-bond donors (Lipinski definition) is 0. The van der Waals surface area contributed by atoms with Crippen LogP contribution in [-0.4, -0.2) is 29.2 Å². The largest absolute Gasteiger partial charge is 0.493 e. The summed E-state index contributed by atoms with van der Waals surface area (Å²) in [5, 5.41) is 4.73. The Balaban J connectivity index is 1.45. The zero-order valence-electron chi connectivity index (χ0n) is 16.3. The molecule has 150 valence electrons. The van der Waals surface area contributed by atoms with E-state index in [4.69, 9.17) is 20.9 Å². The van der Waals surface area contributed by atoms with Crippen molar-refractivity contribution in [3.8, 4) is 17.1 Å². The van der Waals surface area contributed by atoms with Gasteiger partial charge in [-0.2, -0.15) is 4.98 Å². The SMILES string of the molecule is CC(C)COc1ccc(-c2noc(C3CC(=O)N(c4ccc(Cl)cc4)C3)n2)cc1. The van der Waals surface area contributed by atoms with Crippen LogP contribution in [0.2, 0.25) is 5.02 Å². The lowest BCUT2D eigenvalue weighted by atomic mass is 10.1. The first-order chi connectivity index (χ1) is 14.0. The molecule has 1 saturated heterocycles. The molecule has 1 aliphatic rings. The molecule has 1 amide bonds. The van der Waals surface area contributed by atoms with Gasteiger partial charge in [-0.05, 0) is 54.4 Å². The summed E-state index contributed by atoms with van der Waals surface area (Å²) in [5.41, 5.74) is 1.66. The van der Waals surface area contributed by atoms with E-state index in [-0.39, 0.29) is 11.8 Å². The van der Waals surface area contributed by atoms with E-state index in [1.54, 1.807) is 17.0 Å². The molecule has 1 atom stereocenters. The third-order valence-electron chi connectivity index (χ3n) is 4.75. The van der Waals surface area contributed by atoms with Crippen molar-refractivity contribution in [3.05, 3.63) is 59.4 Å². The lowest BCUT2D eigenvalue weighted by Gasteiger charge is -2.15. The Morgan fingerprint density at radius 3 is 2.59 bits per heavy atom. The van der Waals surface area contributed by atoms with Crippen LogP contribution in [0.3, 0.4) is 0 Å². The van der Waals surface area contributed by atoms with Crippen molar-refractivity contribution in [1.29, 1.82) is 0 Å². The summed E-state index contributed by atoms with van der Waals surface area (Å²) in [7, 11) is 0. The van der Waals surface area contributed by atoms with E-state index in [0.29, 0.717) is 42.2 Å². The summed E-state index contributed by atoms with van der Waals surface area (Å²) in [5.74, 6) is 2.16. The Kier molecular flexibility index (Phi) is 5.53. The van der Waals surface area contributed by atoms with Crippen molar-refractivity contribution < 1.29 is 14.1 Å². The minimum absolute atomic E-state index is 0.0312. The van der Waals surface area contributed by atoms with Gasteiger partial charge >= 0.3 is 0 Å². The first kappa shape index (κ1) is 19.5. The number of aromatic nitrogens is 2. The Morgan fingerprint density at radius 2 is 1.90 bits per heavy atom. The number of carbonyl (C=O) groups is 1. The van der Waals surface area contributed by atoms with Crippen LogP contribution in [-0.2, 0) is 4.79 Å². The molecule has 29 heavy (non-hydrogen) atoms. The molecular weight excluding hydrogens is 390 g/mol. The third-order valence-corrected chi connectivity index (χ3v) is 5.00. The summed E-state index contributed by atoms with van der Waals surface area (Å²) >= 11 is 5.94. The van der Waals surface area contributed by atoms with Gasteiger partial charge in [0.1, 0.15) is 5.75 Å². The van der Waals surface area contributed by atoms with Crippen LogP contribution in [0.4, 0.5) is 5.69 Å². The van der Waals surface area contributed by atoms with Gasteiger partial charge in [-0.15, -0.1) is 0 Å². The normalized spacial score (nSPS) is 16.6. The fraction of sp³-hybridized carbons (Fsp3) is 0.318. The summed E-state index contributed by atoms with van der Waals surface area (Å²) in [4.78, 5) is 18.7. The van der Waals surface area contributed by atoms with Gasteiger partial charge in [-0.1, -0.05) is 30.6 Å². The predicted octanol–water partition coefficient (Wildman–Crippen LogP) is 4.95. The molecule has 4 rings (SSSR count). The van der Waals surface area contributed by atoms with E-state index in [2.05, 4.69) is 24.0 Å². The molecule has 0 radical (unpaired) electrons. The smallest absolute Gasteiger partial charge is 0.232 e. The van der Waals surface area contributed by atoms with Crippen LogP contribution < -0.4 is 9.64 Å². The van der Waals surface area contributed by atoms with E-state index in [1.165, 1.54) is 0 Å². The highest BCUT2D eigenvalue weighted by atomic mass is 35.5. The van der Waals surface area contributed by atoms with Crippen molar-refractivity contribution in [2.75, 3.05) is 18.1 Å². The molecule has 1 unspecified atom stereocenters. The third kappa shape index (κ3) is 4.43. The minimum atomic E-state index is -0.131. The molecule has 2 heterocycles. The number of anilines is 1. The Labute approximate surface area is 174 Å². The number of ether oxygens (including phenoxy) is 1. The maximum Gasteiger partial charge on any atom is 0.232 e. The van der Waals surface area contributed by atoms with E-state index in [0.717, 1.165) is 17.0 Å². The van der Waals surface area contributed by atoms with Gasteiger partial charge < -0.3 is 14.2 Å². The fourth-order valence-electron chi connectivity index (χ4n) is 3.22. The van der Waals surface area contributed by atoms with Gasteiger partial charge in [0, 0.05) is 29.2 Å². The number of hydrogen-bond acceptors (Lipinski definition) is 5. The maximum atomic E-state index is 12.5. The fourth-order valence-corrected chi connectivity index (χ4v) is 3.35. The zero-order valence-corrected chi connectivity index (χ0v) is 17.1. The van der Waals surface area contributed by atoms with Crippen molar-refractivity contribution in [1.82, 2.24) is 10.1 Å². The lowest BCUT2D eigenvalue weighted by molar-refractivity contribution is -0.117. The van der Waals surface area contributed by atoms with Crippen LogP contribution in [0.25, 0.3) is 11.4 Å². The highest BCUT2D eigenvalue weighted by molar-refractivity contribution is 6.30. The van der Waals surface area contributed by atoms with Crippen molar-refractivity contribution in [3.63, 3.8) is 0 Å². The van der Waals surface area contributed by atoms with Gasteiger partial charge in [-0.25, -0.2) is 0 Å². The number of amides is 1. The maximum absolute atomic E-state index is 12.5. The standard InChI is InChI=1S/C22H22ClN3O3/c1-14(2)13-28-19-9-3-15(4-10-19)21-24-22(29-25-21)16-11-20(27)26(12-16)18-7-5-17(23)6-8-18/h3-10,14,16H,11-13H2,1-2H3. The average molecular weight is 412 g/mol. The second kappa shape index (κ2) is 8.25. The Hall–Kier alpha value is -2.86. The number of nitrogens with zero attached hydrogens (tertiary/aromatic N) is 3. The van der Waals surface area contributed by atoms with Gasteiger partial charge in [0.05, 0.1) is 12.5 Å². The second-order valence-corrected chi connectivity index (χ2v) is 8.00. The lowest BCUT2D eigenvalue weighted by Crippen LogP contribution is -2.24. The molecule has 3 aromatic rings. The van der Waals surface area contributed by atoms with Crippen LogP contribution in [0.15, 0.2) is 53.1 Å². The molecule has 0 aliphatic carbocycles. The van der Waals surface area contributed by atoms with Crippen molar-refractivity contribution >= 4 is 23.2 Å². The number of rotatable bonds is 6. The number of benzene rings is 2. The van der Waals surface area contributed by atoms with Gasteiger partial charge in [0.2, 0.25) is 17.6 Å². The Bertz CT molecular complexity index is 983. The monoisotopic (exact) mass is 411 g/mol. The molecule has 7 heteroatoms. The molecule has 1 aromatic heterocycles. The molecule has 1 fully saturated rings. The molecule has 2 aromatic carbocycles. The van der Waals surface area contributed by atoms with Crippen LogP contribution in [0.5, 0.6) is 5.75 Å². The van der Waals surface area contributed by atoms with Crippen molar-refractivity contribution in [2.45, 2.75) is 26.2 Å². The van der Waals surface area contributed by atoms with Crippen molar-refractivity contribution in [2.24, 2.45) is 5.92 Å². The first-order valence-electron chi connectivity index (χ1n) is 9.62. The molecule has 0 bridgehead atoms. The summed E-state index contributed by atoms with van der Waals surface area (Å²) in [6, 6.07) is 14.8. The van der Waals surface area contributed by atoms with Gasteiger partial charge in [-0.3, -0.25) is 4.79 Å². The van der Waals surface area contributed by atoms with Crippen LogP contribution >= 0.6 is 11.6 Å². The quantitative estimate of drug-likeness (QED) is 0.574. The number of carbonyl (C=O) groups excluding carboxylic acids is 1. The number of halogens is 1. The zero-order chi connectivity index (χ0) is 20.4. The highest BCUT2D eigenvalue weighted by Crippen LogP contribution is 2.32. The molecule has 1 aliphatic heterocycles. The predicted molar refractivity (Wildman–Crippen MR) is 111 cm³/mol. The molecule has 6 nitrogen and oxygen atoms in total. The van der Waals surface area contributed by atoms with Gasteiger partial charge in [0.15, 0.2) is 0 Å².